The fourth-order valence-corrected chi connectivity index (χ4v) is 1.94. The van der Waals surface area contributed by atoms with Crippen LogP contribution in [0.4, 0.5) is 11.5 Å². The lowest BCUT2D eigenvalue weighted by atomic mass is 10.2. The van der Waals surface area contributed by atoms with Crippen LogP contribution in [-0.2, 0) is 6.42 Å². The molecule has 0 spiro atoms. The zero-order valence-electron chi connectivity index (χ0n) is 11.1. The molecule has 0 bridgehead atoms. The molecular formula is C14H17BrN4. The van der Waals surface area contributed by atoms with Crippen LogP contribution in [0.15, 0.2) is 34.9 Å². The molecule has 19 heavy (non-hydrogen) atoms. The zero-order valence-corrected chi connectivity index (χ0v) is 12.7. The lowest BCUT2D eigenvalue weighted by Crippen LogP contribution is -2.12. The summed E-state index contributed by atoms with van der Waals surface area (Å²) >= 11 is 3.49. The molecule has 1 heterocycles. The molecule has 0 unspecified atom stereocenters. The highest BCUT2D eigenvalue weighted by Crippen LogP contribution is 2.22. The van der Waals surface area contributed by atoms with E-state index < -0.39 is 0 Å². The summed E-state index contributed by atoms with van der Waals surface area (Å²) in [6.45, 7) is 2.94. The van der Waals surface area contributed by atoms with Crippen molar-refractivity contribution in [3.63, 3.8) is 0 Å². The molecule has 0 aliphatic heterocycles. The Kier molecular flexibility index (Phi) is 4.87. The van der Waals surface area contributed by atoms with Gasteiger partial charge in [0, 0.05) is 29.3 Å². The summed E-state index contributed by atoms with van der Waals surface area (Å²) in [5, 5.41) is 6.39. The second-order valence-electron chi connectivity index (χ2n) is 4.30. The number of halogens is 1. The molecule has 2 rings (SSSR count). The van der Waals surface area contributed by atoms with Gasteiger partial charge in [0.2, 0.25) is 0 Å². The fourth-order valence-electron chi connectivity index (χ4n) is 1.70. The predicted octanol–water partition coefficient (Wildman–Crippen LogP) is 3.05. The highest BCUT2D eigenvalue weighted by molar-refractivity contribution is 9.10. The third-order valence-corrected chi connectivity index (χ3v) is 3.62. The van der Waals surface area contributed by atoms with Crippen molar-refractivity contribution in [3.8, 4) is 0 Å². The number of nitrogens with one attached hydrogen (secondary N) is 2. The second-order valence-corrected chi connectivity index (χ2v) is 5.15. The van der Waals surface area contributed by atoms with Crippen LogP contribution in [0.1, 0.15) is 11.4 Å². The third-order valence-electron chi connectivity index (χ3n) is 2.73. The first-order valence-corrected chi connectivity index (χ1v) is 6.98. The number of hydrogen-bond acceptors (Lipinski definition) is 4. The van der Waals surface area contributed by atoms with Gasteiger partial charge in [0.1, 0.15) is 11.6 Å². The van der Waals surface area contributed by atoms with E-state index in [4.69, 9.17) is 0 Å². The van der Waals surface area contributed by atoms with Gasteiger partial charge in [-0.05, 0) is 43.8 Å². The maximum absolute atomic E-state index is 4.48. The van der Waals surface area contributed by atoms with E-state index in [0.29, 0.717) is 0 Å². The summed E-state index contributed by atoms with van der Waals surface area (Å²) in [6.07, 6.45) is 2.61. The molecule has 0 saturated heterocycles. The molecule has 5 heteroatoms. The second kappa shape index (κ2) is 6.63. The van der Waals surface area contributed by atoms with E-state index in [1.54, 1.807) is 6.20 Å². The minimum atomic E-state index is 0.822. The van der Waals surface area contributed by atoms with Gasteiger partial charge in [0.05, 0.1) is 0 Å². The lowest BCUT2D eigenvalue weighted by Gasteiger charge is -2.08. The summed E-state index contributed by atoms with van der Waals surface area (Å²) in [6, 6.07) is 8.01. The van der Waals surface area contributed by atoms with Crippen LogP contribution < -0.4 is 10.6 Å². The summed E-state index contributed by atoms with van der Waals surface area (Å²) in [4.78, 5) is 8.74. The van der Waals surface area contributed by atoms with Gasteiger partial charge in [-0.3, -0.25) is 0 Å². The quantitative estimate of drug-likeness (QED) is 0.889. The molecule has 0 saturated carbocycles. The first kappa shape index (κ1) is 14.0. The third kappa shape index (κ3) is 4.01. The zero-order chi connectivity index (χ0) is 13.7. The summed E-state index contributed by atoms with van der Waals surface area (Å²) in [7, 11) is 1.92. The largest absolute Gasteiger partial charge is 0.340 e. The Morgan fingerprint density at radius 3 is 2.84 bits per heavy atom. The molecule has 0 aliphatic carbocycles. The molecule has 0 radical (unpaired) electrons. The molecule has 0 fully saturated rings. The number of likely N-dealkylation sites (N-methyl/N-ethyl adjacent to an activating group) is 1. The van der Waals surface area contributed by atoms with E-state index in [-0.39, 0.29) is 0 Å². The molecule has 2 N–H and O–H groups in total. The fraction of sp³-hybridized carbons (Fsp3) is 0.286. The number of hydrogen-bond donors (Lipinski definition) is 2. The molecule has 0 aliphatic rings. The highest BCUT2D eigenvalue weighted by atomic mass is 79.9. The van der Waals surface area contributed by atoms with Crippen LogP contribution in [-0.4, -0.2) is 23.6 Å². The number of nitrogens with zero attached hydrogens (tertiary/aromatic N) is 2. The molecule has 2 aromatic rings. The van der Waals surface area contributed by atoms with Gasteiger partial charge in [-0.25, -0.2) is 9.97 Å². The molecule has 0 amide bonds. The Labute approximate surface area is 121 Å². The average molecular weight is 321 g/mol. The van der Waals surface area contributed by atoms with Crippen molar-refractivity contribution in [1.29, 1.82) is 0 Å². The number of anilines is 2. The van der Waals surface area contributed by atoms with Crippen molar-refractivity contribution in [2.75, 3.05) is 18.9 Å². The van der Waals surface area contributed by atoms with Gasteiger partial charge >= 0.3 is 0 Å². The van der Waals surface area contributed by atoms with E-state index in [2.05, 4.69) is 49.5 Å². The first-order chi connectivity index (χ1) is 9.19. The maximum atomic E-state index is 4.48. The summed E-state index contributed by atoms with van der Waals surface area (Å²) in [5.41, 5.74) is 2.22. The number of benzene rings is 1. The van der Waals surface area contributed by atoms with Crippen molar-refractivity contribution in [1.82, 2.24) is 15.3 Å². The Hall–Kier alpha value is -1.46. The first-order valence-electron chi connectivity index (χ1n) is 6.19. The smallest absolute Gasteiger partial charge is 0.134 e. The molecular weight excluding hydrogens is 304 g/mol. The van der Waals surface area contributed by atoms with Crippen molar-refractivity contribution in [3.05, 3.63) is 46.3 Å². The van der Waals surface area contributed by atoms with E-state index in [1.165, 1.54) is 5.56 Å². The minimum absolute atomic E-state index is 0.822. The van der Waals surface area contributed by atoms with E-state index >= 15 is 0 Å². The number of aromatic nitrogens is 2. The maximum Gasteiger partial charge on any atom is 0.134 e. The van der Waals surface area contributed by atoms with Crippen LogP contribution in [0.3, 0.4) is 0 Å². The van der Waals surface area contributed by atoms with Crippen molar-refractivity contribution in [2.45, 2.75) is 13.3 Å². The van der Waals surface area contributed by atoms with E-state index in [0.717, 1.165) is 34.8 Å². The van der Waals surface area contributed by atoms with Crippen LogP contribution in [0.5, 0.6) is 0 Å². The molecule has 4 nitrogen and oxygen atoms in total. The molecule has 0 atom stereocenters. The van der Waals surface area contributed by atoms with Gasteiger partial charge < -0.3 is 10.6 Å². The molecule has 1 aromatic carbocycles. The predicted molar refractivity (Wildman–Crippen MR) is 81.8 cm³/mol. The average Bonchev–Trinajstić information content (AvgIpc) is 2.41. The van der Waals surface area contributed by atoms with Crippen LogP contribution in [0.2, 0.25) is 0 Å². The van der Waals surface area contributed by atoms with Crippen LogP contribution >= 0.6 is 15.9 Å². The van der Waals surface area contributed by atoms with Gasteiger partial charge in [0.25, 0.3) is 0 Å². The van der Waals surface area contributed by atoms with E-state index in [1.807, 2.05) is 25.2 Å². The van der Waals surface area contributed by atoms with Crippen LogP contribution in [0, 0.1) is 6.92 Å². The Morgan fingerprint density at radius 1 is 1.26 bits per heavy atom. The normalized spacial score (nSPS) is 10.5. The van der Waals surface area contributed by atoms with Gasteiger partial charge in [-0.15, -0.1) is 0 Å². The number of rotatable bonds is 5. The Morgan fingerprint density at radius 2 is 2.11 bits per heavy atom. The van der Waals surface area contributed by atoms with Crippen molar-refractivity contribution >= 4 is 27.4 Å². The Bertz CT molecular complexity index is 557. The lowest BCUT2D eigenvalue weighted by molar-refractivity contribution is 0.756. The van der Waals surface area contributed by atoms with Gasteiger partial charge in [-0.2, -0.15) is 0 Å². The Balaban J connectivity index is 2.11. The van der Waals surface area contributed by atoms with Gasteiger partial charge in [0.15, 0.2) is 0 Å². The topological polar surface area (TPSA) is 49.8 Å². The SMILES string of the molecule is CNCCc1nccc(Nc2ccc(Br)c(C)c2)n1. The monoisotopic (exact) mass is 320 g/mol. The summed E-state index contributed by atoms with van der Waals surface area (Å²) in [5.74, 6) is 1.66. The molecule has 1 aromatic heterocycles. The molecule has 100 valence electrons. The van der Waals surface area contributed by atoms with Crippen molar-refractivity contribution < 1.29 is 0 Å². The van der Waals surface area contributed by atoms with Crippen molar-refractivity contribution in [2.24, 2.45) is 0 Å². The highest BCUT2D eigenvalue weighted by Gasteiger charge is 2.01. The number of aryl methyl sites for hydroxylation is 1. The minimum Gasteiger partial charge on any atom is -0.340 e. The standard InChI is InChI=1S/C14H17BrN4/c1-10-9-11(3-4-12(10)15)18-14-6-8-17-13(19-14)5-7-16-2/h3-4,6,8-9,16H,5,7H2,1-2H3,(H,17,18,19). The van der Waals surface area contributed by atoms with E-state index in [9.17, 15) is 0 Å². The van der Waals surface area contributed by atoms with Gasteiger partial charge in [-0.1, -0.05) is 15.9 Å². The van der Waals surface area contributed by atoms with Crippen LogP contribution in [0.25, 0.3) is 0 Å². The summed E-state index contributed by atoms with van der Waals surface area (Å²) < 4.78 is 1.11.